The van der Waals surface area contributed by atoms with Gasteiger partial charge in [0.2, 0.25) is 15.9 Å². The van der Waals surface area contributed by atoms with E-state index < -0.39 is 22.0 Å². The molecule has 1 aliphatic carbocycles. The lowest BCUT2D eigenvalue weighted by atomic mass is 9.88. The molecule has 0 aromatic heterocycles. The first-order chi connectivity index (χ1) is 14.6. The molecule has 3 rings (SSSR count). The third-order valence-electron chi connectivity index (χ3n) is 5.73. The van der Waals surface area contributed by atoms with E-state index in [2.05, 4.69) is 23.5 Å². The van der Waals surface area contributed by atoms with Crippen molar-refractivity contribution >= 4 is 44.8 Å². The minimum absolute atomic E-state index is 0.182. The van der Waals surface area contributed by atoms with Gasteiger partial charge in [0, 0.05) is 5.02 Å². The maximum atomic E-state index is 13.1. The number of nitrogens with zero attached hydrogens (tertiary/aromatic N) is 1. The Kier molecular flexibility index (Phi) is 7.55. The molecule has 0 fully saturated rings. The van der Waals surface area contributed by atoms with E-state index >= 15 is 0 Å². The average Bonchev–Trinajstić information content (AvgIpc) is 2.73. The average molecular weight is 483 g/mol. The fourth-order valence-corrected chi connectivity index (χ4v) is 5.72. The number of carbonyl (C=O) groups is 1. The van der Waals surface area contributed by atoms with Gasteiger partial charge in [0.1, 0.15) is 6.04 Å². The summed E-state index contributed by atoms with van der Waals surface area (Å²) < 4.78 is 26.2. The van der Waals surface area contributed by atoms with Crippen LogP contribution in [-0.2, 0) is 27.7 Å². The van der Waals surface area contributed by atoms with E-state index in [1.165, 1.54) is 36.1 Å². The van der Waals surface area contributed by atoms with Gasteiger partial charge in [-0.2, -0.15) is 0 Å². The first-order valence-corrected chi connectivity index (χ1v) is 13.1. The number of nitrogens with one attached hydrogen (secondary N) is 1. The number of fused-ring (bicyclic) bond motifs is 1. The Balaban J connectivity index is 1.86. The number of aryl methyl sites for hydroxylation is 2. The number of hydrogen-bond acceptors (Lipinski definition) is 3. The number of halogens is 2. The third-order valence-corrected chi connectivity index (χ3v) is 7.52. The van der Waals surface area contributed by atoms with Gasteiger partial charge in [-0.05, 0) is 73.9 Å². The van der Waals surface area contributed by atoms with Crippen LogP contribution in [0.25, 0.3) is 0 Å². The van der Waals surface area contributed by atoms with Gasteiger partial charge in [-0.1, -0.05) is 48.3 Å². The summed E-state index contributed by atoms with van der Waals surface area (Å²) in [4.78, 5) is 13.1. The Morgan fingerprint density at radius 2 is 1.77 bits per heavy atom. The first kappa shape index (κ1) is 23.9. The van der Waals surface area contributed by atoms with Crippen molar-refractivity contribution in [2.24, 2.45) is 0 Å². The van der Waals surface area contributed by atoms with E-state index in [-0.39, 0.29) is 16.8 Å². The van der Waals surface area contributed by atoms with Crippen LogP contribution in [0.5, 0.6) is 0 Å². The largest absolute Gasteiger partial charge is 0.347 e. The second-order valence-corrected chi connectivity index (χ2v) is 10.7. The molecule has 0 saturated heterocycles. The van der Waals surface area contributed by atoms with Crippen LogP contribution < -0.4 is 9.62 Å². The van der Waals surface area contributed by atoms with Crippen molar-refractivity contribution in [2.45, 2.75) is 58.0 Å². The van der Waals surface area contributed by atoms with Crippen molar-refractivity contribution in [3.8, 4) is 0 Å². The highest BCUT2D eigenvalue weighted by Gasteiger charge is 2.32. The molecule has 1 amide bonds. The molecule has 0 heterocycles. The van der Waals surface area contributed by atoms with E-state index in [1.54, 1.807) is 13.0 Å². The molecule has 8 heteroatoms. The van der Waals surface area contributed by atoms with E-state index in [1.807, 2.05) is 6.92 Å². The minimum Gasteiger partial charge on any atom is -0.347 e. The molecule has 5 nitrogen and oxygen atoms in total. The standard InChI is InChI=1S/C23H28Cl2N2O3S/c1-4-21(18-10-9-16-7-5-6-8-17(16)13-18)26-23(28)15(2)27(31(3,29)30)22-14-19(24)11-12-20(22)25/h9-15,21H,4-8H2,1-3H3,(H,26,28)/t15-,21+/m0/s1. The summed E-state index contributed by atoms with van der Waals surface area (Å²) in [5.74, 6) is -0.397. The number of benzene rings is 2. The Hall–Kier alpha value is -1.76. The Bertz CT molecular complexity index is 1070. The number of anilines is 1. The maximum Gasteiger partial charge on any atom is 0.244 e. The lowest BCUT2D eigenvalue weighted by Crippen LogP contribution is -2.48. The van der Waals surface area contributed by atoms with Crippen LogP contribution in [0, 0.1) is 0 Å². The van der Waals surface area contributed by atoms with Crippen LogP contribution in [0.2, 0.25) is 10.0 Å². The molecule has 31 heavy (non-hydrogen) atoms. The molecule has 0 bridgehead atoms. The van der Waals surface area contributed by atoms with Crippen LogP contribution >= 0.6 is 23.2 Å². The molecule has 0 radical (unpaired) electrons. The number of rotatable bonds is 7. The molecule has 0 spiro atoms. The van der Waals surface area contributed by atoms with Crippen LogP contribution in [-0.4, -0.2) is 26.6 Å². The summed E-state index contributed by atoms with van der Waals surface area (Å²) >= 11 is 12.3. The smallest absolute Gasteiger partial charge is 0.244 e. The van der Waals surface area contributed by atoms with E-state index in [0.29, 0.717) is 11.4 Å². The molecule has 2 aromatic rings. The molecular formula is C23H28Cl2N2O3S. The SMILES string of the molecule is CC[C@@H](NC(=O)[C@H](C)N(c1cc(Cl)ccc1Cl)S(C)(=O)=O)c1ccc2c(c1)CCCC2. The molecule has 0 aliphatic heterocycles. The van der Waals surface area contributed by atoms with E-state index in [0.717, 1.165) is 29.0 Å². The van der Waals surface area contributed by atoms with Crippen LogP contribution in [0.3, 0.4) is 0 Å². The molecule has 1 aliphatic rings. The van der Waals surface area contributed by atoms with Crippen LogP contribution in [0.1, 0.15) is 55.8 Å². The van der Waals surface area contributed by atoms with Gasteiger partial charge < -0.3 is 5.32 Å². The van der Waals surface area contributed by atoms with Crippen molar-refractivity contribution in [2.75, 3.05) is 10.6 Å². The fourth-order valence-electron chi connectivity index (χ4n) is 4.12. The van der Waals surface area contributed by atoms with Crippen molar-refractivity contribution in [1.82, 2.24) is 5.32 Å². The normalized spacial score (nSPS) is 15.6. The van der Waals surface area contributed by atoms with E-state index in [4.69, 9.17) is 23.2 Å². The molecular weight excluding hydrogens is 455 g/mol. The topological polar surface area (TPSA) is 66.5 Å². The first-order valence-electron chi connectivity index (χ1n) is 10.5. The van der Waals surface area contributed by atoms with Gasteiger partial charge in [-0.15, -0.1) is 0 Å². The second-order valence-electron chi connectivity index (χ2n) is 8.04. The number of sulfonamides is 1. The number of hydrogen-bond donors (Lipinski definition) is 1. The molecule has 0 unspecified atom stereocenters. The van der Waals surface area contributed by atoms with Gasteiger partial charge >= 0.3 is 0 Å². The van der Waals surface area contributed by atoms with Gasteiger partial charge in [-0.3, -0.25) is 9.10 Å². The molecule has 2 atom stereocenters. The van der Waals surface area contributed by atoms with Crippen LogP contribution in [0.4, 0.5) is 5.69 Å². The molecule has 1 N–H and O–H groups in total. The zero-order chi connectivity index (χ0) is 22.8. The number of carbonyl (C=O) groups excluding carboxylic acids is 1. The minimum atomic E-state index is -3.79. The van der Waals surface area contributed by atoms with Crippen molar-refractivity contribution in [3.63, 3.8) is 0 Å². The van der Waals surface area contributed by atoms with Crippen LogP contribution in [0.15, 0.2) is 36.4 Å². The summed E-state index contributed by atoms with van der Waals surface area (Å²) in [5, 5.41) is 3.56. The third kappa shape index (κ3) is 5.54. The van der Waals surface area contributed by atoms with Gasteiger partial charge in [0.15, 0.2) is 0 Å². The van der Waals surface area contributed by atoms with Gasteiger partial charge in [0.05, 0.1) is 23.0 Å². The molecule has 2 aromatic carbocycles. The quantitative estimate of drug-likeness (QED) is 0.582. The van der Waals surface area contributed by atoms with Gasteiger partial charge in [-0.25, -0.2) is 8.42 Å². The molecule has 168 valence electrons. The van der Waals surface area contributed by atoms with E-state index in [9.17, 15) is 13.2 Å². The monoisotopic (exact) mass is 482 g/mol. The summed E-state index contributed by atoms with van der Waals surface area (Å²) in [6, 6.07) is 9.72. The Labute approximate surface area is 194 Å². The highest BCUT2D eigenvalue weighted by atomic mass is 35.5. The summed E-state index contributed by atoms with van der Waals surface area (Å²) in [5.41, 5.74) is 3.94. The lowest BCUT2D eigenvalue weighted by molar-refractivity contribution is -0.122. The summed E-state index contributed by atoms with van der Waals surface area (Å²) in [6.45, 7) is 3.55. The predicted molar refractivity (Wildman–Crippen MR) is 128 cm³/mol. The Morgan fingerprint density at radius 1 is 1.10 bits per heavy atom. The number of amides is 1. The lowest BCUT2D eigenvalue weighted by Gasteiger charge is -2.30. The highest BCUT2D eigenvalue weighted by Crippen LogP contribution is 2.32. The predicted octanol–water partition coefficient (Wildman–Crippen LogP) is 5.29. The van der Waals surface area contributed by atoms with Crippen molar-refractivity contribution < 1.29 is 13.2 Å². The Morgan fingerprint density at radius 3 is 2.42 bits per heavy atom. The second kappa shape index (κ2) is 9.80. The fraction of sp³-hybridized carbons (Fsp3) is 0.435. The zero-order valence-electron chi connectivity index (χ0n) is 18.0. The maximum absolute atomic E-state index is 13.1. The van der Waals surface area contributed by atoms with Gasteiger partial charge in [0.25, 0.3) is 0 Å². The van der Waals surface area contributed by atoms with Crippen molar-refractivity contribution in [1.29, 1.82) is 0 Å². The molecule has 0 saturated carbocycles. The highest BCUT2D eigenvalue weighted by molar-refractivity contribution is 7.92. The zero-order valence-corrected chi connectivity index (χ0v) is 20.3. The summed E-state index contributed by atoms with van der Waals surface area (Å²) in [6.07, 6.45) is 6.28. The van der Waals surface area contributed by atoms with Crippen molar-refractivity contribution in [3.05, 3.63) is 63.1 Å². The summed E-state index contributed by atoms with van der Waals surface area (Å²) in [7, 11) is -3.79.